The van der Waals surface area contributed by atoms with Crippen molar-refractivity contribution < 1.29 is 29.9 Å². The number of ether oxygens (including phenoxy) is 2. The van der Waals surface area contributed by atoms with Crippen LogP contribution in [0.15, 0.2) is 18.2 Å². The SMILES string of the molecule is COc1ccc(C(=O)[C@H]([NH3+])CC(=O)[O-])c(OC)c1. The fourth-order valence-electron chi connectivity index (χ4n) is 1.52. The molecule has 0 fully saturated rings. The molecule has 6 nitrogen and oxygen atoms in total. The summed E-state index contributed by atoms with van der Waals surface area (Å²) in [6.07, 6.45) is -0.423. The van der Waals surface area contributed by atoms with Gasteiger partial charge < -0.3 is 25.1 Å². The van der Waals surface area contributed by atoms with Crippen LogP contribution in [0.1, 0.15) is 16.8 Å². The van der Waals surface area contributed by atoms with Crippen LogP contribution in [-0.2, 0) is 4.79 Å². The Morgan fingerprint density at radius 3 is 2.50 bits per heavy atom. The highest BCUT2D eigenvalue weighted by Crippen LogP contribution is 2.25. The van der Waals surface area contributed by atoms with Crippen LogP contribution >= 0.6 is 0 Å². The van der Waals surface area contributed by atoms with Crippen molar-refractivity contribution in [2.75, 3.05) is 14.2 Å². The number of Topliss-reactive ketones (excluding diaryl/α,β-unsaturated/α-hetero) is 1. The third-order valence-corrected chi connectivity index (χ3v) is 2.46. The van der Waals surface area contributed by atoms with E-state index in [1.165, 1.54) is 20.3 Å². The highest BCUT2D eigenvalue weighted by atomic mass is 16.5. The van der Waals surface area contributed by atoms with E-state index in [9.17, 15) is 14.7 Å². The number of rotatable bonds is 6. The topological polar surface area (TPSA) is 103 Å². The molecule has 0 aliphatic rings. The zero-order valence-corrected chi connectivity index (χ0v) is 10.3. The molecule has 0 unspecified atom stereocenters. The van der Waals surface area contributed by atoms with Gasteiger partial charge in [-0.15, -0.1) is 0 Å². The van der Waals surface area contributed by atoms with Crippen molar-refractivity contribution in [2.24, 2.45) is 0 Å². The van der Waals surface area contributed by atoms with E-state index in [1.807, 2.05) is 0 Å². The maximum atomic E-state index is 12.0. The van der Waals surface area contributed by atoms with E-state index < -0.39 is 24.2 Å². The first-order valence-corrected chi connectivity index (χ1v) is 5.28. The lowest BCUT2D eigenvalue weighted by Gasteiger charge is -2.12. The summed E-state index contributed by atoms with van der Waals surface area (Å²) >= 11 is 0. The second kappa shape index (κ2) is 6.02. The van der Waals surface area contributed by atoms with Gasteiger partial charge in [0.1, 0.15) is 11.5 Å². The van der Waals surface area contributed by atoms with Crippen molar-refractivity contribution in [3.8, 4) is 11.5 Å². The molecule has 0 amide bonds. The Morgan fingerprint density at radius 1 is 1.33 bits per heavy atom. The number of benzene rings is 1. The van der Waals surface area contributed by atoms with Crippen molar-refractivity contribution in [3.63, 3.8) is 0 Å². The number of carbonyl (C=O) groups is 2. The summed E-state index contributed by atoms with van der Waals surface area (Å²) in [4.78, 5) is 22.4. The van der Waals surface area contributed by atoms with Crippen molar-refractivity contribution in [1.29, 1.82) is 0 Å². The number of quaternary nitrogens is 1. The van der Waals surface area contributed by atoms with E-state index in [2.05, 4.69) is 5.73 Å². The number of aliphatic carboxylic acids is 1. The van der Waals surface area contributed by atoms with Crippen LogP contribution < -0.4 is 20.3 Å². The van der Waals surface area contributed by atoms with Crippen molar-refractivity contribution in [1.82, 2.24) is 0 Å². The first-order valence-electron chi connectivity index (χ1n) is 5.28. The van der Waals surface area contributed by atoms with Gasteiger partial charge in [0.2, 0.25) is 5.78 Å². The smallest absolute Gasteiger partial charge is 0.223 e. The third kappa shape index (κ3) is 3.21. The Kier molecular flexibility index (Phi) is 4.67. The van der Waals surface area contributed by atoms with Gasteiger partial charge in [-0.25, -0.2) is 0 Å². The molecule has 0 aromatic heterocycles. The maximum Gasteiger partial charge on any atom is 0.223 e. The van der Waals surface area contributed by atoms with E-state index in [0.717, 1.165) is 0 Å². The molecule has 98 valence electrons. The van der Waals surface area contributed by atoms with E-state index in [0.29, 0.717) is 11.5 Å². The highest BCUT2D eigenvalue weighted by molar-refractivity contribution is 6.02. The van der Waals surface area contributed by atoms with Gasteiger partial charge in [0.25, 0.3) is 0 Å². The highest BCUT2D eigenvalue weighted by Gasteiger charge is 2.23. The van der Waals surface area contributed by atoms with Crippen LogP contribution in [-0.4, -0.2) is 32.0 Å². The minimum atomic E-state index is -1.31. The largest absolute Gasteiger partial charge is 0.550 e. The molecule has 1 rings (SSSR count). The minimum Gasteiger partial charge on any atom is -0.550 e. The standard InChI is InChI=1S/C12H15NO5/c1-17-7-3-4-8(10(5-7)18-2)12(16)9(13)6-11(14)15/h3-5,9H,6,13H2,1-2H3,(H,14,15)/t9-/m1/s1. The zero-order valence-electron chi connectivity index (χ0n) is 10.3. The summed E-state index contributed by atoms with van der Waals surface area (Å²) in [5, 5.41) is 10.4. The molecule has 0 aliphatic heterocycles. The second-order valence-corrected chi connectivity index (χ2v) is 3.70. The van der Waals surface area contributed by atoms with Gasteiger partial charge in [0.15, 0.2) is 6.04 Å². The molecule has 6 heteroatoms. The van der Waals surface area contributed by atoms with Gasteiger partial charge in [-0.1, -0.05) is 0 Å². The first-order chi connectivity index (χ1) is 8.49. The van der Waals surface area contributed by atoms with Gasteiger partial charge in [0.05, 0.1) is 19.8 Å². The molecule has 0 spiro atoms. The lowest BCUT2D eigenvalue weighted by atomic mass is 10.0. The summed E-state index contributed by atoms with van der Waals surface area (Å²) in [7, 11) is 2.92. The summed E-state index contributed by atoms with van der Waals surface area (Å²) in [5.41, 5.74) is 3.79. The van der Waals surface area contributed by atoms with E-state index in [-0.39, 0.29) is 5.56 Å². The Bertz CT molecular complexity index is 458. The minimum absolute atomic E-state index is 0.277. The average molecular weight is 253 g/mol. The molecule has 1 aromatic carbocycles. The quantitative estimate of drug-likeness (QED) is 0.630. The van der Waals surface area contributed by atoms with Gasteiger partial charge in [-0.05, 0) is 12.1 Å². The summed E-state index contributed by atoms with van der Waals surface area (Å²) < 4.78 is 10.1. The number of hydrogen-bond donors (Lipinski definition) is 1. The van der Waals surface area contributed by atoms with E-state index in [1.54, 1.807) is 12.1 Å². The van der Waals surface area contributed by atoms with Crippen molar-refractivity contribution in [3.05, 3.63) is 23.8 Å². The summed E-state index contributed by atoms with van der Waals surface area (Å²) in [6, 6.07) is 3.77. The van der Waals surface area contributed by atoms with Crippen molar-refractivity contribution in [2.45, 2.75) is 12.5 Å². The number of hydrogen-bond acceptors (Lipinski definition) is 5. The molecule has 0 saturated heterocycles. The van der Waals surface area contributed by atoms with E-state index in [4.69, 9.17) is 9.47 Å². The second-order valence-electron chi connectivity index (χ2n) is 3.70. The Morgan fingerprint density at radius 2 is 2.00 bits per heavy atom. The molecule has 0 radical (unpaired) electrons. The van der Waals surface area contributed by atoms with Crippen LogP contribution in [0.4, 0.5) is 0 Å². The molecule has 0 heterocycles. The van der Waals surface area contributed by atoms with Gasteiger partial charge >= 0.3 is 0 Å². The Hall–Kier alpha value is -2.08. The summed E-state index contributed by atoms with van der Waals surface area (Å²) in [6.45, 7) is 0. The normalized spacial score (nSPS) is 11.7. The van der Waals surface area contributed by atoms with Gasteiger partial charge in [0, 0.05) is 18.5 Å². The lowest BCUT2D eigenvalue weighted by Crippen LogP contribution is -2.66. The predicted octanol–water partition coefficient (Wildman–Crippen LogP) is -1.36. The molecule has 0 saturated carbocycles. The number of carboxylic acid groups (broad SMARTS) is 1. The van der Waals surface area contributed by atoms with Gasteiger partial charge in [-0.3, -0.25) is 4.79 Å². The first kappa shape index (κ1) is 14.0. The number of carboxylic acids is 1. The van der Waals surface area contributed by atoms with Gasteiger partial charge in [-0.2, -0.15) is 0 Å². The predicted molar refractivity (Wildman–Crippen MR) is 60.2 cm³/mol. The zero-order chi connectivity index (χ0) is 13.7. The lowest BCUT2D eigenvalue weighted by molar-refractivity contribution is -0.404. The molecule has 0 aliphatic carbocycles. The van der Waals surface area contributed by atoms with Crippen LogP contribution in [0.3, 0.4) is 0 Å². The number of ketones is 1. The Labute approximate surface area is 104 Å². The van der Waals surface area contributed by atoms with Crippen LogP contribution in [0, 0.1) is 0 Å². The van der Waals surface area contributed by atoms with E-state index >= 15 is 0 Å². The van der Waals surface area contributed by atoms with Crippen LogP contribution in [0.25, 0.3) is 0 Å². The molecule has 18 heavy (non-hydrogen) atoms. The number of carbonyl (C=O) groups excluding carboxylic acids is 2. The fraction of sp³-hybridized carbons (Fsp3) is 0.333. The monoisotopic (exact) mass is 253 g/mol. The fourth-order valence-corrected chi connectivity index (χ4v) is 1.52. The molecule has 0 bridgehead atoms. The van der Waals surface area contributed by atoms with Crippen LogP contribution in [0.2, 0.25) is 0 Å². The molecule has 3 N–H and O–H groups in total. The van der Waals surface area contributed by atoms with Crippen molar-refractivity contribution >= 4 is 11.8 Å². The average Bonchev–Trinajstić information content (AvgIpc) is 2.36. The molecule has 1 atom stereocenters. The molecular weight excluding hydrogens is 238 g/mol. The maximum absolute atomic E-state index is 12.0. The third-order valence-electron chi connectivity index (χ3n) is 2.46. The summed E-state index contributed by atoms with van der Waals surface area (Å²) in [5.74, 6) is -0.843. The number of methoxy groups -OCH3 is 2. The van der Waals surface area contributed by atoms with Crippen LogP contribution in [0.5, 0.6) is 11.5 Å². The molecular formula is C12H15NO5. The molecule has 1 aromatic rings. The Balaban J connectivity index is 3.01.